The van der Waals surface area contributed by atoms with Crippen LogP contribution >= 0.6 is 0 Å². The van der Waals surface area contributed by atoms with Crippen molar-refractivity contribution >= 4 is 10.9 Å². The summed E-state index contributed by atoms with van der Waals surface area (Å²) in [5, 5.41) is 1.01. The molecule has 1 fully saturated rings. The summed E-state index contributed by atoms with van der Waals surface area (Å²) < 4.78 is 5.34. The molecule has 1 aromatic heterocycles. The van der Waals surface area contributed by atoms with Crippen molar-refractivity contribution in [1.29, 1.82) is 0 Å². The average molecular weight is 229 g/mol. The van der Waals surface area contributed by atoms with E-state index in [9.17, 15) is 0 Å². The molecule has 1 aromatic carbocycles. The number of rotatable bonds is 2. The minimum Gasteiger partial charge on any atom is -0.494 e. The molecule has 4 nitrogen and oxygen atoms in total. The number of hydrogen-bond donors (Lipinski definition) is 1. The third-order valence-corrected chi connectivity index (χ3v) is 3.28. The topological polar surface area (TPSA) is 61.0 Å². The third-order valence-electron chi connectivity index (χ3n) is 3.28. The highest BCUT2D eigenvalue weighted by molar-refractivity contribution is 5.87. The van der Waals surface area contributed by atoms with Gasteiger partial charge in [0.2, 0.25) is 0 Å². The van der Waals surface area contributed by atoms with E-state index >= 15 is 0 Å². The largest absolute Gasteiger partial charge is 0.494 e. The van der Waals surface area contributed by atoms with Crippen LogP contribution in [0.15, 0.2) is 18.2 Å². The standard InChI is InChI=1S/C13H15N3O/c1-8-15-11-9(4-3-5-10(11)17-2)12(16-8)13(14)6-7-13/h3-5H,6-7,14H2,1-2H3. The number of aromatic nitrogens is 2. The fraction of sp³-hybridized carbons (Fsp3) is 0.385. The molecule has 0 atom stereocenters. The van der Waals surface area contributed by atoms with E-state index in [1.54, 1.807) is 7.11 Å². The van der Waals surface area contributed by atoms with E-state index in [0.717, 1.165) is 41.0 Å². The minimum atomic E-state index is -0.252. The number of hydrogen-bond acceptors (Lipinski definition) is 4. The van der Waals surface area contributed by atoms with Gasteiger partial charge in [0, 0.05) is 5.39 Å². The van der Waals surface area contributed by atoms with Gasteiger partial charge in [0.15, 0.2) is 0 Å². The molecule has 2 aromatic rings. The number of methoxy groups -OCH3 is 1. The molecule has 0 saturated heterocycles. The Hall–Kier alpha value is -1.68. The Balaban J connectivity index is 2.36. The van der Waals surface area contributed by atoms with Crippen LogP contribution in [-0.4, -0.2) is 17.1 Å². The predicted molar refractivity (Wildman–Crippen MR) is 65.9 cm³/mol. The van der Waals surface area contributed by atoms with Crippen LogP contribution in [-0.2, 0) is 5.54 Å². The lowest BCUT2D eigenvalue weighted by atomic mass is 10.1. The Morgan fingerprint density at radius 2 is 2.06 bits per heavy atom. The monoisotopic (exact) mass is 229 g/mol. The summed E-state index contributed by atoms with van der Waals surface area (Å²) in [6.07, 6.45) is 1.99. The molecule has 1 saturated carbocycles. The molecule has 0 unspecified atom stereocenters. The van der Waals surface area contributed by atoms with E-state index in [4.69, 9.17) is 10.5 Å². The number of para-hydroxylation sites is 1. The van der Waals surface area contributed by atoms with Gasteiger partial charge in [-0.15, -0.1) is 0 Å². The molecule has 0 amide bonds. The van der Waals surface area contributed by atoms with Crippen LogP contribution < -0.4 is 10.5 Å². The number of nitrogens with two attached hydrogens (primary N) is 1. The van der Waals surface area contributed by atoms with Gasteiger partial charge in [-0.3, -0.25) is 0 Å². The molecule has 1 aliphatic rings. The maximum absolute atomic E-state index is 6.26. The summed E-state index contributed by atoms with van der Waals surface area (Å²) in [4.78, 5) is 8.98. The molecular formula is C13H15N3O. The lowest BCUT2D eigenvalue weighted by Gasteiger charge is -2.13. The molecule has 3 rings (SSSR count). The van der Waals surface area contributed by atoms with Crippen molar-refractivity contribution in [2.24, 2.45) is 5.73 Å². The van der Waals surface area contributed by atoms with Crippen LogP contribution in [0.5, 0.6) is 5.75 Å². The quantitative estimate of drug-likeness (QED) is 0.854. The Bertz CT molecular complexity index is 590. The minimum absolute atomic E-state index is 0.252. The highest BCUT2D eigenvalue weighted by atomic mass is 16.5. The molecule has 4 heteroatoms. The molecule has 88 valence electrons. The summed E-state index contributed by atoms with van der Waals surface area (Å²) in [6.45, 7) is 1.89. The fourth-order valence-corrected chi connectivity index (χ4v) is 2.15. The summed E-state index contributed by atoms with van der Waals surface area (Å²) in [7, 11) is 1.65. The first-order valence-corrected chi connectivity index (χ1v) is 5.75. The first-order valence-electron chi connectivity index (χ1n) is 5.75. The van der Waals surface area contributed by atoms with Gasteiger partial charge in [0.25, 0.3) is 0 Å². The van der Waals surface area contributed by atoms with Gasteiger partial charge in [-0.05, 0) is 25.8 Å². The van der Waals surface area contributed by atoms with Gasteiger partial charge in [-0.25, -0.2) is 9.97 Å². The molecule has 0 aliphatic heterocycles. The van der Waals surface area contributed by atoms with Crippen LogP contribution in [0.3, 0.4) is 0 Å². The van der Waals surface area contributed by atoms with Gasteiger partial charge in [0.05, 0.1) is 18.3 Å². The van der Waals surface area contributed by atoms with Crippen molar-refractivity contribution in [2.75, 3.05) is 7.11 Å². The second-order valence-electron chi connectivity index (χ2n) is 4.63. The van der Waals surface area contributed by atoms with Crippen LogP contribution in [0.4, 0.5) is 0 Å². The normalized spacial score (nSPS) is 17.1. The van der Waals surface area contributed by atoms with E-state index in [0.29, 0.717) is 0 Å². The van der Waals surface area contributed by atoms with E-state index in [-0.39, 0.29) is 5.54 Å². The molecule has 2 N–H and O–H groups in total. The number of ether oxygens (including phenoxy) is 1. The van der Waals surface area contributed by atoms with E-state index in [1.807, 2.05) is 25.1 Å². The Kier molecular flexibility index (Phi) is 2.10. The van der Waals surface area contributed by atoms with Crippen LogP contribution in [0, 0.1) is 6.92 Å². The van der Waals surface area contributed by atoms with Crippen molar-refractivity contribution in [3.05, 3.63) is 29.7 Å². The summed E-state index contributed by atoms with van der Waals surface area (Å²) in [5.74, 6) is 1.52. The molecule has 17 heavy (non-hydrogen) atoms. The van der Waals surface area contributed by atoms with Gasteiger partial charge < -0.3 is 10.5 Å². The lowest BCUT2D eigenvalue weighted by molar-refractivity contribution is 0.418. The number of nitrogens with zero attached hydrogens (tertiary/aromatic N) is 2. The molecule has 0 bridgehead atoms. The van der Waals surface area contributed by atoms with Gasteiger partial charge in [0.1, 0.15) is 17.1 Å². The van der Waals surface area contributed by atoms with Crippen molar-refractivity contribution in [2.45, 2.75) is 25.3 Å². The highest BCUT2D eigenvalue weighted by Crippen LogP contribution is 2.44. The third kappa shape index (κ3) is 1.56. The van der Waals surface area contributed by atoms with Crippen molar-refractivity contribution in [1.82, 2.24) is 9.97 Å². The average Bonchev–Trinajstić information content (AvgIpc) is 3.06. The van der Waals surface area contributed by atoms with Crippen LogP contribution in [0.2, 0.25) is 0 Å². The Morgan fingerprint density at radius 1 is 1.29 bits per heavy atom. The Morgan fingerprint density at radius 3 is 2.71 bits per heavy atom. The second kappa shape index (κ2) is 3.40. The predicted octanol–water partition coefficient (Wildman–Crippen LogP) is 1.89. The van der Waals surface area contributed by atoms with E-state index in [1.165, 1.54) is 0 Å². The smallest absolute Gasteiger partial charge is 0.145 e. The molecular weight excluding hydrogens is 214 g/mol. The number of aryl methyl sites for hydroxylation is 1. The summed E-state index contributed by atoms with van der Waals surface area (Å²) in [6, 6.07) is 5.88. The fourth-order valence-electron chi connectivity index (χ4n) is 2.15. The van der Waals surface area contributed by atoms with Gasteiger partial charge in [-0.2, -0.15) is 0 Å². The van der Waals surface area contributed by atoms with Gasteiger partial charge in [-0.1, -0.05) is 12.1 Å². The van der Waals surface area contributed by atoms with Crippen LogP contribution in [0.25, 0.3) is 10.9 Å². The molecule has 0 radical (unpaired) electrons. The van der Waals surface area contributed by atoms with E-state index in [2.05, 4.69) is 9.97 Å². The molecule has 1 heterocycles. The lowest BCUT2D eigenvalue weighted by Crippen LogP contribution is -2.21. The van der Waals surface area contributed by atoms with E-state index < -0.39 is 0 Å². The molecule has 1 aliphatic carbocycles. The zero-order valence-electron chi connectivity index (χ0n) is 10.0. The maximum atomic E-state index is 6.26. The molecule has 0 spiro atoms. The zero-order chi connectivity index (χ0) is 12.0. The first-order chi connectivity index (χ1) is 8.14. The number of fused-ring (bicyclic) bond motifs is 1. The summed E-state index contributed by atoms with van der Waals surface area (Å²) in [5.41, 5.74) is 7.82. The van der Waals surface area contributed by atoms with Crippen molar-refractivity contribution in [3.63, 3.8) is 0 Å². The summed E-state index contributed by atoms with van der Waals surface area (Å²) >= 11 is 0. The highest BCUT2D eigenvalue weighted by Gasteiger charge is 2.43. The second-order valence-corrected chi connectivity index (χ2v) is 4.63. The van der Waals surface area contributed by atoms with Crippen molar-refractivity contribution in [3.8, 4) is 5.75 Å². The van der Waals surface area contributed by atoms with Crippen LogP contribution in [0.1, 0.15) is 24.4 Å². The van der Waals surface area contributed by atoms with Crippen molar-refractivity contribution < 1.29 is 4.74 Å². The Labute approximate surface area is 99.8 Å². The maximum Gasteiger partial charge on any atom is 0.145 e. The zero-order valence-corrected chi connectivity index (χ0v) is 10.0. The number of benzene rings is 1. The first kappa shape index (κ1) is 10.5. The SMILES string of the molecule is COc1cccc2c(C3(N)CC3)nc(C)nc12. The van der Waals surface area contributed by atoms with Gasteiger partial charge >= 0.3 is 0 Å².